The minimum Gasteiger partial charge on any atom is -0.389 e. The van der Waals surface area contributed by atoms with Gasteiger partial charge in [0, 0.05) is 0 Å². The summed E-state index contributed by atoms with van der Waals surface area (Å²) in [5.41, 5.74) is 0.200. The standard InChI is InChI=1S/C17H22O2/c1-16(10-6-12-17(16,2)18)11-7-13-19-14-15-8-4-3-5-9-15/h3-5,8-9,18H,6,10,12-14H2,1-2H3. The summed E-state index contributed by atoms with van der Waals surface area (Å²) < 4.78 is 5.54. The highest BCUT2D eigenvalue weighted by molar-refractivity contribution is 5.19. The third-order valence-corrected chi connectivity index (χ3v) is 4.18. The van der Waals surface area contributed by atoms with Crippen molar-refractivity contribution in [1.29, 1.82) is 0 Å². The van der Waals surface area contributed by atoms with Gasteiger partial charge in [-0.15, -0.1) is 0 Å². The monoisotopic (exact) mass is 258 g/mol. The van der Waals surface area contributed by atoms with E-state index in [1.807, 2.05) is 44.2 Å². The summed E-state index contributed by atoms with van der Waals surface area (Å²) in [6.45, 7) is 4.94. The highest BCUT2D eigenvalue weighted by Crippen LogP contribution is 2.45. The zero-order chi connectivity index (χ0) is 13.8. The smallest absolute Gasteiger partial charge is 0.108 e. The van der Waals surface area contributed by atoms with E-state index in [1.54, 1.807) is 0 Å². The largest absolute Gasteiger partial charge is 0.389 e. The van der Waals surface area contributed by atoms with Crippen LogP contribution < -0.4 is 0 Å². The number of ether oxygens (including phenoxy) is 1. The van der Waals surface area contributed by atoms with Crippen LogP contribution in [0.5, 0.6) is 0 Å². The Morgan fingerprint density at radius 1 is 1.21 bits per heavy atom. The van der Waals surface area contributed by atoms with Crippen LogP contribution in [0.1, 0.15) is 38.7 Å². The van der Waals surface area contributed by atoms with Crippen LogP contribution in [0.25, 0.3) is 0 Å². The topological polar surface area (TPSA) is 29.5 Å². The molecule has 0 saturated heterocycles. The molecule has 0 aromatic heterocycles. The Kier molecular flexibility index (Phi) is 4.29. The first-order valence-electron chi connectivity index (χ1n) is 6.88. The van der Waals surface area contributed by atoms with E-state index in [1.165, 1.54) is 0 Å². The van der Waals surface area contributed by atoms with Crippen LogP contribution in [0, 0.1) is 17.3 Å². The van der Waals surface area contributed by atoms with E-state index in [4.69, 9.17) is 4.74 Å². The molecule has 1 N–H and O–H groups in total. The van der Waals surface area contributed by atoms with Crippen LogP contribution in [0.2, 0.25) is 0 Å². The summed E-state index contributed by atoms with van der Waals surface area (Å²) in [7, 11) is 0. The van der Waals surface area contributed by atoms with Crippen molar-refractivity contribution < 1.29 is 9.84 Å². The van der Waals surface area contributed by atoms with Gasteiger partial charge in [-0.05, 0) is 38.7 Å². The molecule has 1 aromatic rings. The fourth-order valence-corrected chi connectivity index (χ4v) is 2.55. The molecule has 2 heteroatoms. The molecule has 0 heterocycles. The second kappa shape index (κ2) is 5.77. The second-order valence-corrected chi connectivity index (χ2v) is 5.74. The first-order chi connectivity index (χ1) is 9.04. The van der Waals surface area contributed by atoms with E-state index in [0.29, 0.717) is 13.2 Å². The van der Waals surface area contributed by atoms with Crippen molar-refractivity contribution in [2.45, 2.75) is 45.3 Å². The van der Waals surface area contributed by atoms with Gasteiger partial charge < -0.3 is 9.84 Å². The molecule has 102 valence electrons. The maximum Gasteiger partial charge on any atom is 0.108 e. The lowest BCUT2D eigenvalue weighted by Gasteiger charge is -2.31. The summed E-state index contributed by atoms with van der Waals surface area (Å²) in [5.74, 6) is 6.27. The Bertz CT molecular complexity index is 467. The van der Waals surface area contributed by atoms with Gasteiger partial charge in [-0.1, -0.05) is 42.2 Å². The molecule has 1 aliphatic rings. The second-order valence-electron chi connectivity index (χ2n) is 5.74. The Morgan fingerprint density at radius 3 is 2.58 bits per heavy atom. The van der Waals surface area contributed by atoms with E-state index in [0.717, 1.165) is 24.8 Å². The maximum atomic E-state index is 10.3. The lowest BCUT2D eigenvalue weighted by Crippen LogP contribution is -2.37. The third kappa shape index (κ3) is 3.37. The van der Waals surface area contributed by atoms with Crippen LogP contribution in [-0.4, -0.2) is 17.3 Å². The van der Waals surface area contributed by atoms with Gasteiger partial charge in [0.1, 0.15) is 6.61 Å². The molecule has 0 amide bonds. The van der Waals surface area contributed by atoms with Gasteiger partial charge in [-0.3, -0.25) is 0 Å². The molecule has 0 radical (unpaired) electrons. The summed E-state index contributed by atoms with van der Waals surface area (Å²) in [4.78, 5) is 0. The molecule has 0 aliphatic heterocycles. The fraction of sp³-hybridized carbons (Fsp3) is 0.529. The summed E-state index contributed by atoms with van der Waals surface area (Å²) in [5, 5.41) is 10.3. The van der Waals surface area contributed by atoms with Gasteiger partial charge >= 0.3 is 0 Å². The first kappa shape index (κ1) is 14.1. The summed E-state index contributed by atoms with van der Waals surface area (Å²) in [6, 6.07) is 10.1. The van der Waals surface area contributed by atoms with Crippen molar-refractivity contribution >= 4 is 0 Å². The molecule has 1 fully saturated rings. The highest BCUT2D eigenvalue weighted by atomic mass is 16.5. The Morgan fingerprint density at radius 2 is 1.95 bits per heavy atom. The van der Waals surface area contributed by atoms with Crippen molar-refractivity contribution in [3.8, 4) is 11.8 Å². The average Bonchev–Trinajstić information content (AvgIpc) is 2.65. The molecule has 2 nitrogen and oxygen atoms in total. The molecule has 0 spiro atoms. The van der Waals surface area contributed by atoms with Crippen LogP contribution in [0.4, 0.5) is 0 Å². The minimum absolute atomic E-state index is 0.289. The number of benzene rings is 1. The number of hydrogen-bond acceptors (Lipinski definition) is 2. The predicted octanol–water partition coefficient (Wildman–Crippen LogP) is 3.15. The van der Waals surface area contributed by atoms with Crippen molar-refractivity contribution in [3.05, 3.63) is 35.9 Å². The average molecular weight is 258 g/mol. The quantitative estimate of drug-likeness (QED) is 0.666. The molecule has 2 atom stereocenters. The van der Waals surface area contributed by atoms with Gasteiger partial charge in [0.25, 0.3) is 0 Å². The van der Waals surface area contributed by atoms with Gasteiger partial charge in [0.05, 0.1) is 17.6 Å². The molecule has 19 heavy (non-hydrogen) atoms. The normalized spacial score (nSPS) is 29.8. The van der Waals surface area contributed by atoms with E-state index >= 15 is 0 Å². The van der Waals surface area contributed by atoms with Crippen molar-refractivity contribution in [2.24, 2.45) is 5.41 Å². The van der Waals surface area contributed by atoms with Crippen LogP contribution in [-0.2, 0) is 11.3 Å². The molecule has 1 aliphatic carbocycles. The predicted molar refractivity (Wildman–Crippen MR) is 76.5 cm³/mol. The minimum atomic E-state index is -0.667. The molecule has 2 unspecified atom stereocenters. The van der Waals surface area contributed by atoms with Crippen LogP contribution in [0.15, 0.2) is 30.3 Å². The van der Waals surface area contributed by atoms with E-state index < -0.39 is 5.60 Å². The number of aliphatic hydroxyl groups is 1. The van der Waals surface area contributed by atoms with Gasteiger partial charge in [-0.25, -0.2) is 0 Å². The fourth-order valence-electron chi connectivity index (χ4n) is 2.55. The third-order valence-electron chi connectivity index (χ3n) is 4.18. The van der Waals surface area contributed by atoms with Crippen LogP contribution in [0.3, 0.4) is 0 Å². The number of rotatable bonds is 3. The van der Waals surface area contributed by atoms with Gasteiger partial charge in [0.15, 0.2) is 0 Å². The molecule has 1 aromatic carbocycles. The van der Waals surface area contributed by atoms with Crippen molar-refractivity contribution in [2.75, 3.05) is 6.61 Å². The highest BCUT2D eigenvalue weighted by Gasteiger charge is 2.46. The molecule has 2 rings (SSSR count). The van der Waals surface area contributed by atoms with Gasteiger partial charge in [-0.2, -0.15) is 0 Å². The lowest BCUT2D eigenvalue weighted by molar-refractivity contribution is -0.00445. The Balaban J connectivity index is 1.82. The van der Waals surface area contributed by atoms with Crippen molar-refractivity contribution in [3.63, 3.8) is 0 Å². The summed E-state index contributed by atoms with van der Waals surface area (Å²) in [6.07, 6.45) is 2.85. The molecular formula is C17H22O2. The summed E-state index contributed by atoms with van der Waals surface area (Å²) >= 11 is 0. The molecular weight excluding hydrogens is 236 g/mol. The zero-order valence-electron chi connectivity index (χ0n) is 11.8. The van der Waals surface area contributed by atoms with Gasteiger partial charge in [0.2, 0.25) is 0 Å². The Labute approximate surface area is 115 Å². The van der Waals surface area contributed by atoms with Crippen molar-refractivity contribution in [1.82, 2.24) is 0 Å². The molecule has 1 saturated carbocycles. The lowest BCUT2D eigenvalue weighted by atomic mass is 9.78. The zero-order valence-corrected chi connectivity index (χ0v) is 11.8. The van der Waals surface area contributed by atoms with E-state index in [2.05, 4.69) is 11.8 Å². The van der Waals surface area contributed by atoms with E-state index in [9.17, 15) is 5.11 Å². The number of hydrogen-bond donors (Lipinski definition) is 1. The Hall–Kier alpha value is -1.30. The van der Waals surface area contributed by atoms with E-state index in [-0.39, 0.29) is 5.41 Å². The molecule has 0 bridgehead atoms. The first-order valence-corrected chi connectivity index (χ1v) is 6.88. The maximum absolute atomic E-state index is 10.3. The van der Waals surface area contributed by atoms with Crippen LogP contribution >= 0.6 is 0 Å². The SMILES string of the molecule is CC1(O)CCCC1(C)C#CCOCc1ccccc1.